The third-order valence-electron chi connectivity index (χ3n) is 15.1. The normalized spacial score (nSPS) is 26.9. The highest BCUT2D eigenvalue weighted by molar-refractivity contribution is 6.34. The summed E-state index contributed by atoms with van der Waals surface area (Å²) in [6.45, 7) is 6.70. The molecule has 6 fully saturated rings. The Bertz CT molecular complexity index is 3060. The van der Waals surface area contributed by atoms with E-state index in [9.17, 15) is 14.6 Å². The van der Waals surface area contributed by atoms with Gasteiger partial charge >= 0.3 is 6.01 Å². The number of likely N-dealkylation sites (tertiary alicyclic amines) is 1. The predicted octanol–water partition coefficient (Wildman–Crippen LogP) is 5.13. The lowest BCUT2D eigenvalue weighted by Gasteiger charge is -2.37. The number of rotatable bonds is 7. The molecule has 20 heteroatoms. The summed E-state index contributed by atoms with van der Waals surface area (Å²) in [5.41, 5.74) is 2.59. The predicted molar refractivity (Wildman–Crippen MR) is 267 cm³/mol. The van der Waals surface area contributed by atoms with Crippen molar-refractivity contribution in [3.8, 4) is 35.4 Å². The zero-order valence-corrected chi connectivity index (χ0v) is 40.3. The van der Waals surface area contributed by atoms with Gasteiger partial charge in [0.15, 0.2) is 18.1 Å². The summed E-state index contributed by atoms with van der Waals surface area (Å²) in [7, 11) is 1.43. The lowest BCUT2D eigenvalue weighted by molar-refractivity contribution is 0.00516. The Hall–Kier alpha value is -6.40. The van der Waals surface area contributed by atoms with Crippen LogP contribution in [-0.2, 0) is 14.2 Å². The first-order chi connectivity index (χ1) is 35.1. The summed E-state index contributed by atoms with van der Waals surface area (Å²) in [4.78, 5) is 29.8. The number of phenols is 1. The van der Waals surface area contributed by atoms with Crippen LogP contribution in [0.2, 0.25) is 0 Å². The van der Waals surface area contributed by atoms with Gasteiger partial charge in [-0.3, -0.25) is 4.98 Å². The average Bonchev–Trinajstić information content (AvgIpc) is 4.27. The molecule has 0 spiro atoms. The number of allylic oxidation sites excluding steroid dienone is 2. The van der Waals surface area contributed by atoms with Crippen LogP contribution < -0.4 is 30.5 Å². The molecule has 0 radical (unpaired) electrons. The number of aliphatic hydroxyl groups excluding tert-OH is 1. The Morgan fingerprint density at radius 3 is 2.46 bits per heavy atom. The highest BCUT2D eigenvalue weighted by Gasteiger charge is 2.49. The van der Waals surface area contributed by atoms with E-state index in [1.54, 1.807) is 0 Å². The molecule has 3 aromatic heterocycles. The van der Waals surface area contributed by atoms with Crippen molar-refractivity contribution in [3.05, 3.63) is 88.4 Å². The van der Waals surface area contributed by atoms with Crippen molar-refractivity contribution in [2.24, 2.45) is 4.99 Å². The second-order valence-corrected chi connectivity index (χ2v) is 19.9. The smallest absolute Gasteiger partial charge is 0.318 e. The highest BCUT2D eigenvalue weighted by atomic mass is 35.5. The monoisotopic (exact) mass is 1000 g/mol. The van der Waals surface area contributed by atoms with Crippen LogP contribution >= 0.6 is 11.6 Å². The average molecular weight is 1000 g/mol. The van der Waals surface area contributed by atoms with Crippen LogP contribution in [-0.4, -0.2) is 149 Å². The van der Waals surface area contributed by atoms with E-state index in [1.165, 1.54) is 76.3 Å². The standard InChI is InChI=1S/C26H33ClN6O4.C26H21F2N5O2/c27-17-11-18-25(31-26(29-18)37-20-14-36-23-19(34)13-35-24(20)23)30-22(17)15-3-4-21(28-12-15)33-9-5-16(6-10-33)32-7-1-2-8-32;1-3-17-20(27)7-4-13-8-16(34)9-18(21(13)17)23-22(28)24-19(10-29-23)25(32-26(31-24)35-2)33-11-14-5-6-15(12-33)30-14/h3-4,11-12,16,19-20,23-25,30,34H,1-2,5-10,13-14H2,(H,29,31);1,4,7-10,14-15,30,34H,5-6,11-12H2,2H3. The molecule has 6 saturated heterocycles. The van der Waals surface area contributed by atoms with Gasteiger partial charge < -0.3 is 59.8 Å². The number of aliphatic imine (C=N–C) groups is 1. The van der Waals surface area contributed by atoms with Crippen molar-refractivity contribution in [2.75, 3.05) is 69.4 Å². The third-order valence-corrected chi connectivity index (χ3v) is 15.4. The SMILES string of the molecule is C#Cc1c(F)ccc2cc(O)cc(-c3ncc4c(N5CC6CCC(C5)N6)nc(OC)nc4c3F)c12.OC1COC2C(OC3=NC4NC(c5ccc(N6CCC(N7CCCC7)CC6)nc5)=C(Cl)C=C4N3)COC12. The Balaban J connectivity index is 0.000000147. The molecule has 5 N–H and O–H groups in total. The number of aromatic nitrogens is 4. The van der Waals surface area contributed by atoms with Crippen LogP contribution in [0.5, 0.6) is 11.8 Å². The molecule has 7 unspecified atom stereocenters. The second kappa shape index (κ2) is 19.2. The fourth-order valence-electron chi connectivity index (χ4n) is 11.6. The first-order valence-electron chi connectivity index (χ1n) is 24.7. The van der Waals surface area contributed by atoms with E-state index in [0.29, 0.717) is 46.3 Å². The molecule has 17 nitrogen and oxygen atoms in total. The zero-order chi connectivity index (χ0) is 49.2. The van der Waals surface area contributed by atoms with Crippen molar-refractivity contribution in [2.45, 2.75) is 87.2 Å². The molecule has 2 aromatic carbocycles. The van der Waals surface area contributed by atoms with E-state index >= 15 is 4.39 Å². The van der Waals surface area contributed by atoms with E-state index in [0.717, 1.165) is 67.8 Å². The van der Waals surface area contributed by atoms with Crippen molar-refractivity contribution >= 4 is 56.6 Å². The Kier molecular flexibility index (Phi) is 12.5. The minimum Gasteiger partial charge on any atom is -0.508 e. The number of phenolic OH excluding ortho intramolecular Hbond substituents is 1. The maximum absolute atomic E-state index is 16.1. The first kappa shape index (κ1) is 46.7. The van der Waals surface area contributed by atoms with Crippen LogP contribution in [0.15, 0.2) is 70.6 Å². The van der Waals surface area contributed by atoms with Gasteiger partial charge in [0, 0.05) is 73.2 Å². The van der Waals surface area contributed by atoms with Crippen LogP contribution in [0.1, 0.15) is 49.7 Å². The second-order valence-electron chi connectivity index (χ2n) is 19.5. The van der Waals surface area contributed by atoms with Gasteiger partial charge in [0.05, 0.1) is 47.7 Å². The molecule has 8 aliphatic rings. The third kappa shape index (κ3) is 8.66. The summed E-state index contributed by atoms with van der Waals surface area (Å²) in [5.74, 6) is 2.44. The minimum atomic E-state index is -0.735. The fourth-order valence-corrected chi connectivity index (χ4v) is 11.9. The minimum absolute atomic E-state index is 0.0258. The van der Waals surface area contributed by atoms with E-state index < -0.39 is 17.7 Å². The number of piperidine rings is 1. The topological polar surface area (TPSA) is 187 Å². The van der Waals surface area contributed by atoms with Gasteiger partial charge in [-0.15, -0.1) is 6.42 Å². The zero-order valence-electron chi connectivity index (χ0n) is 39.5. The number of nitrogens with zero attached hydrogens (tertiary/aromatic N) is 8. The van der Waals surface area contributed by atoms with Crippen molar-refractivity contribution in [1.82, 2.24) is 40.8 Å². The number of aliphatic hydroxyl groups is 1. The molecule has 0 aliphatic carbocycles. The molecule has 0 saturated carbocycles. The molecule has 11 heterocycles. The Morgan fingerprint density at radius 2 is 1.71 bits per heavy atom. The first-order valence-corrected chi connectivity index (χ1v) is 25.1. The van der Waals surface area contributed by atoms with Gasteiger partial charge in [-0.2, -0.15) is 9.97 Å². The number of fused-ring (bicyclic) bond motifs is 6. The number of amidine groups is 1. The Labute approximate surface area is 419 Å². The number of hydrogen-bond acceptors (Lipinski definition) is 17. The lowest BCUT2D eigenvalue weighted by Crippen LogP contribution is -2.51. The number of benzene rings is 2. The number of aromatic hydroxyl groups is 1. The van der Waals surface area contributed by atoms with E-state index in [1.807, 2.05) is 12.3 Å². The number of piperazine rings is 1. The molecular formula is C52H54ClF2N11O6. The van der Waals surface area contributed by atoms with Crippen molar-refractivity contribution < 1.29 is 37.9 Å². The number of dihydropyridines is 1. The molecule has 2 bridgehead atoms. The number of ether oxygens (including phenoxy) is 4. The molecule has 5 aromatic rings. The van der Waals surface area contributed by atoms with Gasteiger partial charge in [0.2, 0.25) is 0 Å². The number of hydrogen-bond donors (Lipinski definition) is 5. The van der Waals surface area contributed by atoms with Crippen LogP contribution in [0, 0.1) is 24.0 Å². The largest absolute Gasteiger partial charge is 0.508 e. The fraction of sp³-hybridized carbons (Fsp3) is 0.442. The number of pyridine rings is 2. The van der Waals surface area contributed by atoms with Gasteiger partial charge in [-0.1, -0.05) is 23.6 Å². The van der Waals surface area contributed by atoms with Crippen LogP contribution in [0.4, 0.5) is 20.4 Å². The number of methoxy groups -OCH3 is 1. The van der Waals surface area contributed by atoms with Gasteiger partial charge in [0.25, 0.3) is 6.02 Å². The van der Waals surface area contributed by atoms with Crippen molar-refractivity contribution in [1.29, 1.82) is 0 Å². The molecule has 7 atom stereocenters. The summed E-state index contributed by atoms with van der Waals surface area (Å²) in [5, 5.41) is 32.2. The van der Waals surface area contributed by atoms with Crippen LogP contribution in [0.3, 0.4) is 0 Å². The van der Waals surface area contributed by atoms with E-state index in [2.05, 4.69) is 68.6 Å². The van der Waals surface area contributed by atoms with Gasteiger partial charge in [-0.05, 0) is 93.4 Å². The maximum Gasteiger partial charge on any atom is 0.318 e. The van der Waals surface area contributed by atoms with Gasteiger partial charge in [-0.25, -0.2) is 18.8 Å². The van der Waals surface area contributed by atoms with Gasteiger partial charge in [0.1, 0.15) is 52.7 Å². The summed E-state index contributed by atoms with van der Waals surface area (Å²) < 4.78 is 53.3. The Morgan fingerprint density at radius 1 is 0.917 bits per heavy atom. The molecule has 72 heavy (non-hydrogen) atoms. The number of anilines is 2. The molecule has 8 aliphatic heterocycles. The van der Waals surface area contributed by atoms with Crippen molar-refractivity contribution in [3.63, 3.8) is 0 Å². The van der Waals surface area contributed by atoms with Crippen LogP contribution in [0.25, 0.3) is 38.6 Å². The number of nitrogens with one attached hydrogen (secondary N) is 3. The summed E-state index contributed by atoms with van der Waals surface area (Å²) in [6, 6.07) is 11.5. The molecule has 0 amide bonds. The number of terminal acetylenes is 1. The number of halogens is 3. The summed E-state index contributed by atoms with van der Waals surface area (Å²) in [6.07, 6.45) is 16.2. The maximum atomic E-state index is 16.1. The molecular weight excluding hydrogens is 948 g/mol. The summed E-state index contributed by atoms with van der Waals surface area (Å²) >= 11 is 6.66. The molecule has 13 rings (SSSR count). The molecule has 374 valence electrons. The lowest BCUT2D eigenvalue weighted by atomic mass is 9.96. The van der Waals surface area contributed by atoms with E-state index in [-0.39, 0.29) is 70.6 Å². The van der Waals surface area contributed by atoms with E-state index in [4.69, 9.17) is 42.0 Å². The quantitative estimate of drug-likeness (QED) is 0.135. The highest BCUT2D eigenvalue weighted by Crippen LogP contribution is 2.40.